The first kappa shape index (κ1) is 11.2. The van der Waals surface area contributed by atoms with Gasteiger partial charge in [-0.1, -0.05) is 12.1 Å². The lowest BCUT2D eigenvalue weighted by Crippen LogP contribution is -1.90. The van der Waals surface area contributed by atoms with Gasteiger partial charge in [0.2, 0.25) is 0 Å². The summed E-state index contributed by atoms with van der Waals surface area (Å²) in [7, 11) is 0. The molecule has 0 fully saturated rings. The molecule has 0 spiro atoms. The summed E-state index contributed by atoms with van der Waals surface area (Å²) in [5.41, 5.74) is 1.60. The number of nitriles is 1. The quantitative estimate of drug-likeness (QED) is 0.790. The molecule has 1 aromatic carbocycles. The van der Waals surface area contributed by atoms with Crippen LogP contribution in [0, 0.1) is 11.3 Å². The Kier molecular flexibility index (Phi) is 3.10. The van der Waals surface area contributed by atoms with Crippen LogP contribution in [0.15, 0.2) is 42.6 Å². The number of hydrogen-bond acceptors (Lipinski definition) is 2. The second-order valence-electron chi connectivity index (χ2n) is 3.46. The van der Waals surface area contributed by atoms with Crippen molar-refractivity contribution in [3.63, 3.8) is 0 Å². The van der Waals surface area contributed by atoms with Crippen LogP contribution in [0.3, 0.4) is 0 Å². The molecule has 0 bridgehead atoms. The number of hydrogen-bond donors (Lipinski definition) is 0. The third-order valence-electron chi connectivity index (χ3n) is 2.33. The fourth-order valence-corrected chi connectivity index (χ4v) is 1.52. The predicted molar refractivity (Wildman–Crippen MR) is 59.3 cm³/mol. The van der Waals surface area contributed by atoms with Gasteiger partial charge in [-0.15, -0.1) is 0 Å². The molecule has 1 heterocycles. The van der Waals surface area contributed by atoms with E-state index in [2.05, 4.69) is 4.98 Å². The molecular formula is C13H8F2N2. The predicted octanol–water partition coefficient (Wildman–Crippen LogP) is 3.56. The highest BCUT2D eigenvalue weighted by molar-refractivity contribution is 5.65. The molecule has 17 heavy (non-hydrogen) atoms. The Hall–Kier alpha value is -2.28. The molecule has 84 valence electrons. The molecule has 0 aliphatic carbocycles. The van der Waals surface area contributed by atoms with E-state index in [0.29, 0.717) is 11.1 Å². The van der Waals surface area contributed by atoms with Crippen molar-refractivity contribution in [3.05, 3.63) is 53.9 Å². The van der Waals surface area contributed by atoms with Gasteiger partial charge in [-0.05, 0) is 35.4 Å². The van der Waals surface area contributed by atoms with Crippen molar-refractivity contribution in [1.82, 2.24) is 4.98 Å². The fraction of sp³-hybridized carbons (Fsp3) is 0.0769. The summed E-state index contributed by atoms with van der Waals surface area (Å²) in [5, 5.41) is 8.77. The molecule has 4 heteroatoms. The first-order chi connectivity index (χ1) is 8.20. The van der Waals surface area contributed by atoms with Crippen LogP contribution >= 0.6 is 0 Å². The van der Waals surface area contributed by atoms with Crippen molar-refractivity contribution in [1.29, 1.82) is 5.26 Å². The summed E-state index contributed by atoms with van der Waals surface area (Å²) < 4.78 is 25.0. The fourth-order valence-electron chi connectivity index (χ4n) is 1.52. The Morgan fingerprint density at radius 2 is 1.88 bits per heavy atom. The van der Waals surface area contributed by atoms with E-state index in [1.165, 1.54) is 12.3 Å². The zero-order valence-corrected chi connectivity index (χ0v) is 8.77. The summed E-state index contributed by atoms with van der Waals surface area (Å²) in [4.78, 5) is 3.59. The average Bonchev–Trinajstić information content (AvgIpc) is 2.39. The van der Waals surface area contributed by atoms with Crippen LogP contribution < -0.4 is 0 Å². The standard InChI is InChI=1S/C13H8F2N2/c14-13(15)12-7-11(4-5-17-12)10-3-1-2-9(6-10)8-16/h1-7,13H. The number of nitrogens with zero attached hydrogens (tertiary/aromatic N) is 2. The lowest BCUT2D eigenvalue weighted by Gasteiger charge is -2.04. The van der Waals surface area contributed by atoms with Crippen molar-refractivity contribution >= 4 is 0 Å². The monoisotopic (exact) mass is 230 g/mol. The zero-order valence-electron chi connectivity index (χ0n) is 8.77. The van der Waals surface area contributed by atoms with Gasteiger partial charge in [0, 0.05) is 6.20 Å². The molecule has 0 atom stereocenters. The molecule has 0 aliphatic heterocycles. The van der Waals surface area contributed by atoms with Gasteiger partial charge in [0.05, 0.1) is 11.6 Å². The van der Waals surface area contributed by atoms with Crippen LogP contribution in [0.4, 0.5) is 8.78 Å². The van der Waals surface area contributed by atoms with Gasteiger partial charge in [0.1, 0.15) is 5.69 Å². The second kappa shape index (κ2) is 4.71. The largest absolute Gasteiger partial charge is 0.280 e. The van der Waals surface area contributed by atoms with E-state index in [-0.39, 0.29) is 5.69 Å². The summed E-state index contributed by atoms with van der Waals surface area (Å²) in [6.45, 7) is 0. The Morgan fingerprint density at radius 1 is 1.12 bits per heavy atom. The van der Waals surface area contributed by atoms with E-state index < -0.39 is 6.43 Å². The zero-order chi connectivity index (χ0) is 12.3. The van der Waals surface area contributed by atoms with E-state index in [9.17, 15) is 8.78 Å². The van der Waals surface area contributed by atoms with Gasteiger partial charge in [0.25, 0.3) is 6.43 Å². The van der Waals surface area contributed by atoms with Crippen LogP contribution in [0.1, 0.15) is 17.7 Å². The molecule has 0 unspecified atom stereocenters. The number of benzene rings is 1. The summed E-state index contributed by atoms with van der Waals surface area (Å²) in [6.07, 6.45) is -1.25. The SMILES string of the molecule is N#Cc1cccc(-c2ccnc(C(F)F)c2)c1. The van der Waals surface area contributed by atoms with E-state index in [0.717, 1.165) is 5.56 Å². The molecule has 0 aliphatic rings. The van der Waals surface area contributed by atoms with E-state index in [1.54, 1.807) is 30.3 Å². The number of halogens is 2. The molecule has 0 N–H and O–H groups in total. The highest BCUT2D eigenvalue weighted by Crippen LogP contribution is 2.24. The summed E-state index contributed by atoms with van der Waals surface area (Å²) >= 11 is 0. The van der Waals surface area contributed by atoms with Crippen LogP contribution in [0.5, 0.6) is 0 Å². The number of rotatable bonds is 2. The molecule has 0 amide bonds. The Balaban J connectivity index is 2.46. The Bertz CT molecular complexity index is 574. The van der Waals surface area contributed by atoms with Gasteiger partial charge in [-0.3, -0.25) is 4.98 Å². The third-order valence-corrected chi connectivity index (χ3v) is 2.33. The molecule has 0 radical (unpaired) electrons. The first-order valence-corrected chi connectivity index (χ1v) is 4.95. The maximum absolute atomic E-state index is 12.5. The first-order valence-electron chi connectivity index (χ1n) is 4.95. The van der Waals surface area contributed by atoms with Gasteiger partial charge < -0.3 is 0 Å². The maximum atomic E-state index is 12.5. The molecule has 0 saturated heterocycles. The van der Waals surface area contributed by atoms with E-state index in [1.807, 2.05) is 6.07 Å². The third kappa shape index (κ3) is 2.45. The van der Waals surface area contributed by atoms with Crippen LogP contribution in [-0.4, -0.2) is 4.98 Å². The van der Waals surface area contributed by atoms with Crippen molar-refractivity contribution in [3.8, 4) is 17.2 Å². The van der Waals surface area contributed by atoms with Crippen molar-refractivity contribution in [2.75, 3.05) is 0 Å². The van der Waals surface area contributed by atoms with Crippen molar-refractivity contribution in [2.24, 2.45) is 0 Å². The Labute approximate surface area is 97.2 Å². The van der Waals surface area contributed by atoms with Crippen molar-refractivity contribution in [2.45, 2.75) is 6.43 Å². The van der Waals surface area contributed by atoms with Gasteiger partial charge in [0.15, 0.2) is 0 Å². The van der Waals surface area contributed by atoms with Gasteiger partial charge >= 0.3 is 0 Å². The minimum Gasteiger partial charge on any atom is -0.255 e. The molecule has 2 aromatic rings. The van der Waals surface area contributed by atoms with Crippen molar-refractivity contribution < 1.29 is 8.78 Å². The molecular weight excluding hydrogens is 222 g/mol. The van der Waals surface area contributed by atoms with Crippen LogP contribution in [-0.2, 0) is 0 Å². The topological polar surface area (TPSA) is 36.7 Å². The normalized spacial score (nSPS) is 10.2. The van der Waals surface area contributed by atoms with Gasteiger partial charge in [-0.25, -0.2) is 8.78 Å². The van der Waals surface area contributed by atoms with Crippen LogP contribution in [0.25, 0.3) is 11.1 Å². The highest BCUT2D eigenvalue weighted by atomic mass is 19.3. The lowest BCUT2D eigenvalue weighted by atomic mass is 10.0. The Morgan fingerprint density at radius 3 is 2.59 bits per heavy atom. The highest BCUT2D eigenvalue weighted by Gasteiger charge is 2.09. The summed E-state index contributed by atoms with van der Waals surface area (Å²) in [6, 6.07) is 11.8. The van der Waals surface area contributed by atoms with E-state index in [4.69, 9.17) is 5.26 Å². The lowest BCUT2D eigenvalue weighted by molar-refractivity contribution is 0.146. The minimum atomic E-state index is -2.59. The number of pyridine rings is 1. The second-order valence-corrected chi connectivity index (χ2v) is 3.46. The molecule has 2 nitrogen and oxygen atoms in total. The smallest absolute Gasteiger partial charge is 0.255 e. The number of aromatic nitrogens is 1. The molecule has 2 rings (SSSR count). The van der Waals surface area contributed by atoms with Gasteiger partial charge in [-0.2, -0.15) is 5.26 Å². The summed E-state index contributed by atoms with van der Waals surface area (Å²) in [5.74, 6) is 0. The minimum absolute atomic E-state index is 0.259. The average molecular weight is 230 g/mol. The van der Waals surface area contributed by atoms with E-state index >= 15 is 0 Å². The number of alkyl halides is 2. The maximum Gasteiger partial charge on any atom is 0.280 e. The van der Waals surface area contributed by atoms with Crippen LogP contribution in [0.2, 0.25) is 0 Å². The molecule has 0 saturated carbocycles. The molecule has 1 aromatic heterocycles.